The fourth-order valence-corrected chi connectivity index (χ4v) is 2.39. The van der Waals surface area contributed by atoms with Crippen LogP contribution in [0, 0.1) is 0 Å². The quantitative estimate of drug-likeness (QED) is 0.272. The van der Waals surface area contributed by atoms with Crippen molar-refractivity contribution in [3.8, 4) is 0 Å². The summed E-state index contributed by atoms with van der Waals surface area (Å²) in [6.45, 7) is 3.70. The Hall–Kier alpha value is -1.54. The van der Waals surface area contributed by atoms with Crippen LogP contribution < -0.4 is 5.32 Å². The monoisotopic (exact) mass is 316 g/mol. The zero-order valence-electron chi connectivity index (χ0n) is 11.5. The van der Waals surface area contributed by atoms with Gasteiger partial charge in [-0.3, -0.25) is 0 Å². The predicted molar refractivity (Wildman–Crippen MR) is 78.9 cm³/mol. The van der Waals surface area contributed by atoms with E-state index in [1.807, 2.05) is 6.26 Å². The summed E-state index contributed by atoms with van der Waals surface area (Å²) in [5.41, 5.74) is -0.188. The van der Waals surface area contributed by atoms with Crippen LogP contribution in [0.5, 0.6) is 0 Å². The Labute approximate surface area is 125 Å². The molecule has 0 amide bonds. The van der Waals surface area contributed by atoms with Crippen LogP contribution in [0.2, 0.25) is 0 Å². The van der Waals surface area contributed by atoms with Crippen LogP contribution in [0.4, 0.5) is 5.82 Å². The van der Waals surface area contributed by atoms with Gasteiger partial charge in [0.05, 0.1) is 13.2 Å². The number of carbonyl (C=O) groups excluding carboxylic acids is 2. The van der Waals surface area contributed by atoms with Gasteiger partial charge in [0.25, 0.3) is 0 Å². The standard InChI is InChI=1S/C12H16N2O4S2/c1-4-17-10(15)8(11(16)18-5-2)6-13-9-7-20-12(14-9)19-3/h6-7,13H,4-5H2,1-3H3. The lowest BCUT2D eigenvalue weighted by atomic mass is 10.3. The number of hydrogen-bond donors (Lipinski definition) is 1. The Bertz CT molecular complexity index is 479. The van der Waals surface area contributed by atoms with E-state index in [-0.39, 0.29) is 18.8 Å². The number of carbonyl (C=O) groups is 2. The Balaban J connectivity index is 2.83. The Morgan fingerprint density at radius 1 is 1.35 bits per heavy atom. The lowest BCUT2D eigenvalue weighted by molar-refractivity contribution is -0.146. The van der Waals surface area contributed by atoms with Gasteiger partial charge in [-0.05, 0) is 20.1 Å². The fraction of sp³-hybridized carbons (Fsp3) is 0.417. The van der Waals surface area contributed by atoms with Crippen molar-refractivity contribution in [3.05, 3.63) is 17.2 Å². The molecular weight excluding hydrogens is 300 g/mol. The maximum absolute atomic E-state index is 11.7. The second kappa shape index (κ2) is 8.60. The van der Waals surface area contributed by atoms with Gasteiger partial charge in [0.15, 0.2) is 9.91 Å². The topological polar surface area (TPSA) is 77.5 Å². The third kappa shape index (κ3) is 4.86. The van der Waals surface area contributed by atoms with Gasteiger partial charge in [-0.15, -0.1) is 11.3 Å². The molecule has 1 aromatic heterocycles. The summed E-state index contributed by atoms with van der Waals surface area (Å²) in [4.78, 5) is 27.6. The van der Waals surface area contributed by atoms with E-state index in [2.05, 4.69) is 10.3 Å². The Morgan fingerprint density at radius 3 is 2.40 bits per heavy atom. The number of anilines is 1. The molecule has 0 aromatic carbocycles. The first kappa shape index (κ1) is 16.5. The second-order valence-electron chi connectivity index (χ2n) is 3.35. The molecule has 110 valence electrons. The van der Waals surface area contributed by atoms with E-state index in [1.165, 1.54) is 29.3 Å². The average Bonchev–Trinajstić information content (AvgIpc) is 2.87. The van der Waals surface area contributed by atoms with Crippen LogP contribution in [-0.4, -0.2) is 36.4 Å². The predicted octanol–water partition coefficient (Wildman–Crippen LogP) is 2.29. The van der Waals surface area contributed by atoms with Crippen LogP contribution in [0.25, 0.3) is 0 Å². The first-order valence-corrected chi connectivity index (χ1v) is 8.03. The summed E-state index contributed by atoms with van der Waals surface area (Å²) in [5.74, 6) is -0.886. The first-order valence-electron chi connectivity index (χ1n) is 5.92. The zero-order valence-corrected chi connectivity index (χ0v) is 13.1. The molecule has 6 nitrogen and oxygen atoms in total. The van der Waals surface area contributed by atoms with Crippen LogP contribution in [-0.2, 0) is 19.1 Å². The molecule has 0 bridgehead atoms. The average molecular weight is 316 g/mol. The first-order chi connectivity index (χ1) is 9.62. The van der Waals surface area contributed by atoms with Gasteiger partial charge in [-0.1, -0.05) is 11.8 Å². The van der Waals surface area contributed by atoms with Gasteiger partial charge in [0.1, 0.15) is 5.82 Å². The Morgan fingerprint density at radius 2 is 1.95 bits per heavy atom. The summed E-state index contributed by atoms with van der Waals surface area (Å²) in [7, 11) is 0. The van der Waals surface area contributed by atoms with Crippen molar-refractivity contribution in [1.82, 2.24) is 4.98 Å². The van der Waals surface area contributed by atoms with Crippen molar-refractivity contribution in [3.63, 3.8) is 0 Å². The molecule has 0 radical (unpaired) electrons. The normalized spacial score (nSPS) is 9.75. The highest BCUT2D eigenvalue weighted by Gasteiger charge is 2.21. The summed E-state index contributed by atoms with van der Waals surface area (Å²) in [6, 6.07) is 0. The molecule has 0 spiro atoms. The molecule has 0 fully saturated rings. The van der Waals surface area contributed by atoms with Crippen molar-refractivity contribution >= 4 is 40.9 Å². The van der Waals surface area contributed by atoms with Gasteiger partial charge in [0, 0.05) is 11.6 Å². The van der Waals surface area contributed by atoms with Gasteiger partial charge >= 0.3 is 11.9 Å². The van der Waals surface area contributed by atoms with Gasteiger partial charge in [-0.2, -0.15) is 0 Å². The third-order valence-electron chi connectivity index (χ3n) is 2.01. The molecule has 20 heavy (non-hydrogen) atoms. The molecule has 0 saturated carbocycles. The summed E-state index contributed by atoms with van der Waals surface area (Å²) < 4.78 is 10.5. The Kier molecular flexibility index (Phi) is 7.10. The number of hydrogen-bond acceptors (Lipinski definition) is 8. The number of nitrogens with one attached hydrogen (secondary N) is 1. The lowest BCUT2D eigenvalue weighted by Gasteiger charge is -2.06. The highest BCUT2D eigenvalue weighted by molar-refractivity contribution is 8.00. The third-order valence-corrected chi connectivity index (χ3v) is 3.88. The SMILES string of the molecule is CCOC(=O)C(=CNc1csc(SC)n1)C(=O)OCC. The van der Waals surface area contributed by atoms with Crippen molar-refractivity contribution in [2.45, 2.75) is 18.2 Å². The van der Waals surface area contributed by atoms with E-state index in [0.717, 1.165) is 4.34 Å². The maximum atomic E-state index is 11.7. The molecular formula is C12H16N2O4S2. The van der Waals surface area contributed by atoms with E-state index in [4.69, 9.17) is 9.47 Å². The number of ether oxygens (including phenoxy) is 2. The van der Waals surface area contributed by atoms with Crippen LogP contribution in [0.1, 0.15) is 13.8 Å². The minimum atomic E-state index is -0.723. The summed E-state index contributed by atoms with van der Waals surface area (Å²) in [6.07, 6.45) is 3.18. The molecule has 1 heterocycles. The highest BCUT2D eigenvalue weighted by Crippen LogP contribution is 2.22. The van der Waals surface area contributed by atoms with Gasteiger partial charge in [-0.25, -0.2) is 14.6 Å². The second-order valence-corrected chi connectivity index (χ2v) is 5.26. The molecule has 0 aliphatic heterocycles. The van der Waals surface area contributed by atoms with Crippen molar-refractivity contribution in [1.29, 1.82) is 0 Å². The molecule has 1 N–H and O–H groups in total. The molecule has 1 rings (SSSR count). The number of thioether (sulfide) groups is 1. The minimum Gasteiger partial charge on any atom is -0.462 e. The molecule has 0 saturated heterocycles. The number of thiazole rings is 1. The lowest BCUT2D eigenvalue weighted by Crippen LogP contribution is -2.19. The molecule has 1 aromatic rings. The highest BCUT2D eigenvalue weighted by atomic mass is 32.2. The maximum Gasteiger partial charge on any atom is 0.347 e. The van der Waals surface area contributed by atoms with Crippen LogP contribution >= 0.6 is 23.1 Å². The van der Waals surface area contributed by atoms with Gasteiger partial charge in [0.2, 0.25) is 0 Å². The van der Waals surface area contributed by atoms with Crippen LogP contribution in [0.15, 0.2) is 21.5 Å². The van der Waals surface area contributed by atoms with Crippen LogP contribution in [0.3, 0.4) is 0 Å². The van der Waals surface area contributed by atoms with E-state index in [0.29, 0.717) is 5.82 Å². The number of nitrogens with zero attached hydrogens (tertiary/aromatic N) is 1. The molecule has 0 aliphatic carbocycles. The van der Waals surface area contributed by atoms with Gasteiger partial charge < -0.3 is 14.8 Å². The minimum absolute atomic E-state index is 0.183. The largest absolute Gasteiger partial charge is 0.462 e. The van der Waals surface area contributed by atoms with Crippen molar-refractivity contribution in [2.24, 2.45) is 0 Å². The zero-order chi connectivity index (χ0) is 15.0. The number of rotatable bonds is 7. The fourth-order valence-electron chi connectivity index (χ4n) is 1.18. The molecule has 0 aliphatic rings. The molecule has 0 atom stereocenters. The summed E-state index contributed by atoms with van der Waals surface area (Å²) >= 11 is 2.98. The van der Waals surface area contributed by atoms with Crippen molar-refractivity contribution in [2.75, 3.05) is 24.8 Å². The van der Waals surface area contributed by atoms with E-state index in [1.54, 1.807) is 19.2 Å². The molecule has 0 unspecified atom stereocenters. The smallest absolute Gasteiger partial charge is 0.347 e. The number of esters is 2. The van der Waals surface area contributed by atoms with E-state index >= 15 is 0 Å². The van der Waals surface area contributed by atoms with E-state index in [9.17, 15) is 9.59 Å². The molecule has 8 heteroatoms. The van der Waals surface area contributed by atoms with E-state index < -0.39 is 11.9 Å². The summed E-state index contributed by atoms with van der Waals surface area (Å²) in [5, 5.41) is 4.59. The number of aromatic nitrogens is 1. The van der Waals surface area contributed by atoms with Crippen molar-refractivity contribution < 1.29 is 19.1 Å².